The van der Waals surface area contributed by atoms with Crippen molar-refractivity contribution in [2.75, 3.05) is 25.0 Å². The Bertz CT molecular complexity index is 1390. The Balaban J connectivity index is 1.45. The van der Waals surface area contributed by atoms with E-state index in [4.69, 9.17) is 4.52 Å². The van der Waals surface area contributed by atoms with E-state index in [1.165, 1.54) is 7.05 Å². The number of carbonyl (C=O) groups is 1. The second-order valence-corrected chi connectivity index (χ2v) is 7.53. The SMILES string of the molecule is CN(CCCNC(=O)c1nc(-c2nn(-c3ccccc3)c(=O)n(C)c2=O)no1)c1ccccc1. The first-order valence-corrected chi connectivity index (χ1v) is 10.6. The number of hydrogen-bond acceptors (Lipinski definition) is 8. The average molecular weight is 461 g/mol. The lowest BCUT2D eigenvalue weighted by atomic mass is 10.3. The fraction of sp³-hybridized carbons (Fsp3) is 0.217. The van der Waals surface area contributed by atoms with Crippen LogP contribution in [0.15, 0.2) is 74.8 Å². The molecule has 174 valence electrons. The van der Waals surface area contributed by atoms with Crippen LogP contribution in [0, 0.1) is 0 Å². The van der Waals surface area contributed by atoms with Gasteiger partial charge in [0.25, 0.3) is 5.56 Å². The molecule has 0 atom stereocenters. The zero-order valence-electron chi connectivity index (χ0n) is 18.7. The van der Waals surface area contributed by atoms with Crippen LogP contribution in [0.1, 0.15) is 17.1 Å². The van der Waals surface area contributed by atoms with Crippen molar-refractivity contribution in [2.24, 2.45) is 7.05 Å². The minimum Gasteiger partial charge on any atom is -0.375 e. The highest BCUT2D eigenvalue weighted by molar-refractivity contribution is 5.89. The van der Waals surface area contributed by atoms with Crippen LogP contribution in [0.3, 0.4) is 0 Å². The van der Waals surface area contributed by atoms with E-state index in [9.17, 15) is 14.4 Å². The number of carbonyl (C=O) groups excluding carboxylic acids is 1. The fourth-order valence-corrected chi connectivity index (χ4v) is 3.27. The first kappa shape index (κ1) is 22.6. The topological polar surface area (TPSA) is 128 Å². The van der Waals surface area contributed by atoms with Crippen LogP contribution in [0.25, 0.3) is 17.2 Å². The van der Waals surface area contributed by atoms with Crippen molar-refractivity contribution in [1.82, 2.24) is 29.8 Å². The molecule has 0 aliphatic carbocycles. The third kappa shape index (κ3) is 4.77. The van der Waals surface area contributed by atoms with E-state index in [1.807, 2.05) is 37.4 Å². The quantitative estimate of drug-likeness (QED) is 0.388. The second kappa shape index (κ2) is 9.94. The molecule has 0 saturated heterocycles. The van der Waals surface area contributed by atoms with Gasteiger partial charge in [0.15, 0.2) is 5.69 Å². The Morgan fingerprint density at radius 1 is 1.06 bits per heavy atom. The molecule has 0 unspecified atom stereocenters. The highest BCUT2D eigenvalue weighted by Gasteiger charge is 2.21. The maximum Gasteiger partial charge on any atom is 0.351 e. The Morgan fingerprint density at radius 2 is 1.74 bits per heavy atom. The Hall–Kier alpha value is -4.54. The van der Waals surface area contributed by atoms with E-state index < -0.39 is 17.2 Å². The number of aromatic nitrogens is 5. The molecule has 0 radical (unpaired) electrons. The lowest BCUT2D eigenvalue weighted by Crippen LogP contribution is -2.40. The molecule has 4 rings (SSSR count). The Morgan fingerprint density at radius 3 is 2.44 bits per heavy atom. The monoisotopic (exact) mass is 461 g/mol. The highest BCUT2D eigenvalue weighted by Crippen LogP contribution is 2.11. The van der Waals surface area contributed by atoms with Crippen molar-refractivity contribution in [3.05, 3.63) is 87.4 Å². The van der Waals surface area contributed by atoms with Crippen molar-refractivity contribution in [3.8, 4) is 17.2 Å². The van der Waals surface area contributed by atoms with E-state index in [2.05, 4.69) is 25.5 Å². The van der Waals surface area contributed by atoms with Gasteiger partial charge in [-0.3, -0.25) is 14.2 Å². The van der Waals surface area contributed by atoms with Gasteiger partial charge in [0.05, 0.1) is 5.69 Å². The van der Waals surface area contributed by atoms with E-state index in [0.717, 1.165) is 21.5 Å². The summed E-state index contributed by atoms with van der Waals surface area (Å²) in [5, 5.41) is 10.6. The third-order valence-electron chi connectivity index (χ3n) is 5.16. The molecule has 34 heavy (non-hydrogen) atoms. The molecule has 2 heterocycles. The molecule has 0 fully saturated rings. The van der Waals surface area contributed by atoms with Crippen LogP contribution in [0.5, 0.6) is 0 Å². The number of amides is 1. The van der Waals surface area contributed by atoms with Crippen LogP contribution in [-0.2, 0) is 7.05 Å². The van der Waals surface area contributed by atoms with Crippen molar-refractivity contribution in [3.63, 3.8) is 0 Å². The number of nitrogens with one attached hydrogen (secondary N) is 1. The summed E-state index contributed by atoms with van der Waals surface area (Å²) in [5.41, 5.74) is 0.0154. The van der Waals surface area contributed by atoms with Gasteiger partial charge in [0.2, 0.25) is 5.82 Å². The lowest BCUT2D eigenvalue weighted by Gasteiger charge is -2.18. The Kier molecular flexibility index (Phi) is 6.62. The molecule has 0 spiro atoms. The lowest BCUT2D eigenvalue weighted by molar-refractivity contribution is 0.0909. The molecule has 1 amide bonds. The molecule has 0 bridgehead atoms. The molecule has 1 N–H and O–H groups in total. The normalized spacial score (nSPS) is 10.8. The molecule has 4 aromatic rings. The first-order chi connectivity index (χ1) is 16.5. The van der Waals surface area contributed by atoms with E-state index in [1.54, 1.807) is 30.3 Å². The summed E-state index contributed by atoms with van der Waals surface area (Å²) in [4.78, 5) is 43.6. The molecule has 11 nitrogen and oxygen atoms in total. The molecular formula is C23H23N7O4. The van der Waals surface area contributed by atoms with E-state index in [0.29, 0.717) is 18.7 Å². The van der Waals surface area contributed by atoms with Crippen molar-refractivity contribution in [2.45, 2.75) is 6.42 Å². The van der Waals surface area contributed by atoms with Crippen LogP contribution in [0.2, 0.25) is 0 Å². The predicted octanol–water partition coefficient (Wildman–Crippen LogP) is 1.24. The fourth-order valence-electron chi connectivity index (χ4n) is 3.27. The van der Waals surface area contributed by atoms with Gasteiger partial charge in [-0.1, -0.05) is 41.6 Å². The summed E-state index contributed by atoms with van der Waals surface area (Å²) < 4.78 is 7.00. The van der Waals surface area contributed by atoms with Gasteiger partial charge in [-0.15, -0.1) is 0 Å². The van der Waals surface area contributed by atoms with Gasteiger partial charge in [-0.05, 0) is 30.7 Å². The second-order valence-electron chi connectivity index (χ2n) is 7.53. The van der Waals surface area contributed by atoms with Crippen LogP contribution in [0.4, 0.5) is 5.69 Å². The molecule has 2 aromatic carbocycles. The number of rotatable bonds is 8. The molecule has 0 saturated carbocycles. The van der Waals surface area contributed by atoms with Crippen LogP contribution < -0.4 is 21.5 Å². The van der Waals surface area contributed by atoms with Gasteiger partial charge >= 0.3 is 17.5 Å². The number of anilines is 1. The van der Waals surface area contributed by atoms with Crippen LogP contribution in [-0.4, -0.2) is 50.5 Å². The van der Waals surface area contributed by atoms with Gasteiger partial charge in [-0.25, -0.2) is 4.79 Å². The van der Waals surface area contributed by atoms with Crippen LogP contribution >= 0.6 is 0 Å². The summed E-state index contributed by atoms with van der Waals surface area (Å²) in [5.74, 6) is -1.04. The molecular weight excluding hydrogens is 438 g/mol. The van der Waals surface area contributed by atoms with Crippen molar-refractivity contribution in [1.29, 1.82) is 0 Å². The smallest absolute Gasteiger partial charge is 0.351 e. The number of nitrogens with zero attached hydrogens (tertiary/aromatic N) is 6. The molecule has 0 aliphatic heterocycles. The third-order valence-corrected chi connectivity index (χ3v) is 5.16. The van der Waals surface area contributed by atoms with Crippen molar-refractivity contribution >= 4 is 11.6 Å². The van der Waals surface area contributed by atoms with E-state index >= 15 is 0 Å². The average Bonchev–Trinajstić information content (AvgIpc) is 3.36. The summed E-state index contributed by atoms with van der Waals surface area (Å²) in [6.45, 7) is 1.13. The standard InChI is InChI=1S/C23H23N7O4/c1-28(16-10-5-3-6-11-16)15-9-14-24-20(31)21-25-19(27-34-21)18-22(32)29(2)23(33)30(26-18)17-12-7-4-8-13-17/h3-8,10-13H,9,14-15H2,1-2H3,(H,24,31). The summed E-state index contributed by atoms with van der Waals surface area (Å²) >= 11 is 0. The van der Waals surface area contributed by atoms with E-state index in [-0.39, 0.29) is 17.4 Å². The first-order valence-electron chi connectivity index (χ1n) is 10.6. The number of para-hydroxylation sites is 2. The zero-order chi connectivity index (χ0) is 24.1. The number of benzene rings is 2. The van der Waals surface area contributed by atoms with Gasteiger partial charge < -0.3 is 14.7 Å². The molecule has 11 heteroatoms. The largest absolute Gasteiger partial charge is 0.375 e. The maximum absolute atomic E-state index is 12.6. The van der Waals surface area contributed by atoms with Crippen molar-refractivity contribution < 1.29 is 9.32 Å². The number of hydrogen-bond donors (Lipinski definition) is 1. The minimum atomic E-state index is -0.700. The molecule has 2 aromatic heterocycles. The summed E-state index contributed by atoms with van der Waals surface area (Å²) in [7, 11) is 3.30. The Labute approximate surface area is 194 Å². The summed E-state index contributed by atoms with van der Waals surface area (Å²) in [6, 6.07) is 18.5. The maximum atomic E-state index is 12.6. The van der Waals surface area contributed by atoms with Gasteiger partial charge in [-0.2, -0.15) is 14.8 Å². The molecule has 0 aliphatic rings. The highest BCUT2D eigenvalue weighted by atomic mass is 16.5. The zero-order valence-corrected chi connectivity index (χ0v) is 18.7. The van der Waals surface area contributed by atoms with Gasteiger partial charge in [0.1, 0.15) is 0 Å². The minimum absolute atomic E-state index is 0.181. The van der Waals surface area contributed by atoms with Gasteiger partial charge in [0, 0.05) is 32.9 Å². The summed E-state index contributed by atoms with van der Waals surface area (Å²) in [6.07, 6.45) is 0.697. The predicted molar refractivity (Wildman–Crippen MR) is 125 cm³/mol.